The van der Waals surface area contributed by atoms with Gasteiger partial charge in [0.1, 0.15) is 5.75 Å². The Morgan fingerprint density at radius 1 is 1.07 bits per heavy atom. The van der Waals surface area contributed by atoms with E-state index in [-0.39, 0.29) is 5.91 Å². The van der Waals surface area contributed by atoms with E-state index < -0.39 is 0 Å². The van der Waals surface area contributed by atoms with Gasteiger partial charge in [0.2, 0.25) is 5.91 Å². The molecule has 0 spiro atoms. The van der Waals surface area contributed by atoms with Gasteiger partial charge in [0.05, 0.1) is 13.3 Å². The number of ether oxygens (including phenoxy) is 1. The van der Waals surface area contributed by atoms with E-state index in [0.29, 0.717) is 25.3 Å². The van der Waals surface area contributed by atoms with E-state index in [1.54, 1.807) is 13.3 Å². The number of rotatable bonds is 8. The number of hydrogen-bond acceptors (Lipinski definition) is 4. The first-order chi connectivity index (χ1) is 13.5. The highest BCUT2D eigenvalue weighted by molar-refractivity contribution is 5.76. The number of aryl methyl sites for hydroxylation is 3. The molecule has 0 aliphatic heterocycles. The summed E-state index contributed by atoms with van der Waals surface area (Å²) in [6, 6.07) is 14.1. The molecule has 5 heteroatoms. The van der Waals surface area contributed by atoms with Crippen molar-refractivity contribution in [2.75, 3.05) is 13.7 Å². The molecule has 0 aliphatic carbocycles. The van der Waals surface area contributed by atoms with Gasteiger partial charge < -0.3 is 14.5 Å². The molecule has 0 bridgehead atoms. The van der Waals surface area contributed by atoms with Gasteiger partial charge in [0, 0.05) is 24.9 Å². The monoisotopic (exact) mass is 378 g/mol. The number of methoxy groups -OCH3 is 1. The highest BCUT2D eigenvalue weighted by Gasteiger charge is 2.10. The Bertz CT molecular complexity index is 929. The molecule has 1 amide bonds. The van der Waals surface area contributed by atoms with Crippen LogP contribution in [0.2, 0.25) is 0 Å². The minimum absolute atomic E-state index is 0.0123. The summed E-state index contributed by atoms with van der Waals surface area (Å²) in [4.78, 5) is 16.4. The lowest BCUT2D eigenvalue weighted by Gasteiger charge is -2.10. The summed E-state index contributed by atoms with van der Waals surface area (Å²) in [5.74, 6) is 2.14. The third kappa shape index (κ3) is 5.22. The van der Waals surface area contributed by atoms with Crippen LogP contribution in [0.5, 0.6) is 5.75 Å². The molecule has 1 heterocycles. The predicted octanol–water partition coefficient (Wildman–Crippen LogP) is 4.26. The van der Waals surface area contributed by atoms with Crippen LogP contribution in [0.15, 0.2) is 53.1 Å². The molecule has 3 aromatic rings. The molecule has 0 aliphatic rings. The van der Waals surface area contributed by atoms with E-state index in [0.717, 1.165) is 29.1 Å². The average molecular weight is 378 g/mol. The number of hydrogen-bond donors (Lipinski definition) is 1. The summed E-state index contributed by atoms with van der Waals surface area (Å²) < 4.78 is 11.1. The largest absolute Gasteiger partial charge is 0.496 e. The Labute approximate surface area is 165 Å². The Morgan fingerprint density at radius 3 is 2.57 bits per heavy atom. The van der Waals surface area contributed by atoms with Gasteiger partial charge in [-0.3, -0.25) is 4.79 Å². The van der Waals surface area contributed by atoms with Crippen LogP contribution >= 0.6 is 0 Å². The summed E-state index contributed by atoms with van der Waals surface area (Å²) >= 11 is 0. The summed E-state index contributed by atoms with van der Waals surface area (Å²) in [6.45, 7) is 4.66. The number of amides is 1. The predicted molar refractivity (Wildman–Crippen MR) is 109 cm³/mol. The average Bonchev–Trinajstić information content (AvgIpc) is 3.16. The van der Waals surface area contributed by atoms with Gasteiger partial charge in [-0.05, 0) is 31.9 Å². The Balaban J connectivity index is 1.46. The highest BCUT2D eigenvalue weighted by atomic mass is 16.5. The number of carbonyl (C=O) groups excluding carboxylic acids is 1. The third-order valence-electron chi connectivity index (χ3n) is 4.61. The Kier molecular flexibility index (Phi) is 6.48. The minimum atomic E-state index is -0.0123. The fourth-order valence-electron chi connectivity index (χ4n) is 3.03. The fourth-order valence-corrected chi connectivity index (χ4v) is 3.03. The topological polar surface area (TPSA) is 64.4 Å². The van der Waals surface area contributed by atoms with Crippen molar-refractivity contribution in [2.24, 2.45) is 0 Å². The standard InChI is InChI=1S/C23H26N2O3/c1-16-4-7-18(8-5-16)21-15-25-23(28-21)11-10-22(26)24-13-12-19-14-17(2)6-9-20(19)27-3/h4-9,14-15H,10-13H2,1-3H3,(H,24,26). The van der Waals surface area contributed by atoms with Crippen molar-refractivity contribution < 1.29 is 13.9 Å². The van der Waals surface area contributed by atoms with Gasteiger partial charge in [-0.15, -0.1) is 0 Å². The highest BCUT2D eigenvalue weighted by Crippen LogP contribution is 2.21. The summed E-state index contributed by atoms with van der Waals surface area (Å²) in [5.41, 5.74) is 4.46. The van der Waals surface area contributed by atoms with E-state index in [1.807, 2.05) is 50.2 Å². The van der Waals surface area contributed by atoms with Crippen molar-refractivity contribution in [3.8, 4) is 17.1 Å². The van der Waals surface area contributed by atoms with Crippen LogP contribution in [0.3, 0.4) is 0 Å². The molecule has 3 rings (SSSR count). The maximum atomic E-state index is 12.1. The number of nitrogens with one attached hydrogen (secondary N) is 1. The first-order valence-corrected chi connectivity index (χ1v) is 9.47. The molecule has 1 N–H and O–H groups in total. The second kappa shape index (κ2) is 9.22. The lowest BCUT2D eigenvalue weighted by atomic mass is 10.1. The Hall–Kier alpha value is -3.08. The molecule has 0 atom stereocenters. The molecule has 2 aromatic carbocycles. The zero-order valence-corrected chi connectivity index (χ0v) is 16.6. The van der Waals surface area contributed by atoms with Gasteiger partial charge >= 0.3 is 0 Å². The molecular weight excluding hydrogens is 352 g/mol. The number of benzene rings is 2. The van der Waals surface area contributed by atoms with E-state index in [1.165, 1.54) is 11.1 Å². The van der Waals surface area contributed by atoms with Gasteiger partial charge in [0.25, 0.3) is 0 Å². The smallest absolute Gasteiger partial charge is 0.220 e. The lowest BCUT2D eigenvalue weighted by Crippen LogP contribution is -2.26. The molecule has 0 radical (unpaired) electrons. The third-order valence-corrected chi connectivity index (χ3v) is 4.61. The van der Waals surface area contributed by atoms with Gasteiger partial charge in [-0.2, -0.15) is 0 Å². The SMILES string of the molecule is COc1ccc(C)cc1CCNC(=O)CCc1ncc(-c2ccc(C)cc2)o1. The van der Waals surface area contributed by atoms with Crippen molar-refractivity contribution in [2.45, 2.75) is 33.1 Å². The quantitative estimate of drug-likeness (QED) is 0.636. The van der Waals surface area contributed by atoms with Crippen molar-refractivity contribution in [1.29, 1.82) is 0 Å². The van der Waals surface area contributed by atoms with Gasteiger partial charge in [-0.25, -0.2) is 4.98 Å². The summed E-state index contributed by atoms with van der Waals surface area (Å²) in [6.07, 6.45) is 3.26. The van der Waals surface area contributed by atoms with E-state index in [4.69, 9.17) is 9.15 Å². The van der Waals surface area contributed by atoms with Crippen LogP contribution in [-0.2, 0) is 17.6 Å². The van der Waals surface area contributed by atoms with Crippen LogP contribution in [0.1, 0.15) is 29.0 Å². The van der Waals surface area contributed by atoms with Crippen molar-refractivity contribution in [3.63, 3.8) is 0 Å². The molecule has 1 aromatic heterocycles. The first kappa shape index (κ1) is 19.7. The van der Waals surface area contributed by atoms with Crippen LogP contribution in [0, 0.1) is 13.8 Å². The second-order valence-corrected chi connectivity index (χ2v) is 6.90. The summed E-state index contributed by atoms with van der Waals surface area (Å²) in [7, 11) is 1.66. The van der Waals surface area contributed by atoms with E-state index in [2.05, 4.69) is 16.4 Å². The number of nitrogens with zero attached hydrogens (tertiary/aromatic N) is 1. The first-order valence-electron chi connectivity index (χ1n) is 9.47. The molecule has 0 fully saturated rings. The Morgan fingerprint density at radius 2 is 1.82 bits per heavy atom. The zero-order valence-electron chi connectivity index (χ0n) is 16.6. The minimum Gasteiger partial charge on any atom is -0.496 e. The van der Waals surface area contributed by atoms with Gasteiger partial charge in [-0.1, -0.05) is 47.5 Å². The van der Waals surface area contributed by atoms with E-state index >= 15 is 0 Å². The normalized spacial score (nSPS) is 10.7. The van der Waals surface area contributed by atoms with Crippen molar-refractivity contribution in [3.05, 3.63) is 71.2 Å². The number of carbonyl (C=O) groups is 1. The molecule has 5 nitrogen and oxygen atoms in total. The van der Waals surface area contributed by atoms with Crippen LogP contribution in [0.4, 0.5) is 0 Å². The van der Waals surface area contributed by atoms with Gasteiger partial charge in [0.15, 0.2) is 11.7 Å². The molecule has 0 saturated carbocycles. The van der Waals surface area contributed by atoms with Crippen molar-refractivity contribution in [1.82, 2.24) is 10.3 Å². The zero-order chi connectivity index (χ0) is 19.9. The fraction of sp³-hybridized carbons (Fsp3) is 0.304. The van der Waals surface area contributed by atoms with Crippen LogP contribution < -0.4 is 10.1 Å². The lowest BCUT2D eigenvalue weighted by molar-refractivity contribution is -0.121. The molecular formula is C23H26N2O3. The maximum Gasteiger partial charge on any atom is 0.220 e. The molecule has 0 unspecified atom stereocenters. The number of oxazole rings is 1. The molecule has 146 valence electrons. The van der Waals surface area contributed by atoms with Crippen LogP contribution in [-0.4, -0.2) is 24.5 Å². The van der Waals surface area contributed by atoms with E-state index in [9.17, 15) is 4.79 Å². The molecule has 0 saturated heterocycles. The maximum absolute atomic E-state index is 12.1. The van der Waals surface area contributed by atoms with Crippen LogP contribution in [0.25, 0.3) is 11.3 Å². The van der Waals surface area contributed by atoms with Crippen molar-refractivity contribution >= 4 is 5.91 Å². The number of aromatic nitrogens is 1. The molecule has 28 heavy (non-hydrogen) atoms. The second-order valence-electron chi connectivity index (χ2n) is 6.90. The summed E-state index contributed by atoms with van der Waals surface area (Å²) in [5, 5.41) is 2.95.